The fourth-order valence-electron chi connectivity index (χ4n) is 4.82. The molecule has 0 aliphatic carbocycles. The third-order valence-electron chi connectivity index (χ3n) is 6.77. The number of aromatic nitrogens is 2. The Balaban J connectivity index is 1.24. The lowest BCUT2D eigenvalue weighted by atomic mass is 10.0. The summed E-state index contributed by atoms with van der Waals surface area (Å²) in [4.78, 5) is 29.5. The van der Waals surface area contributed by atoms with Gasteiger partial charge < -0.3 is 15.1 Å². The van der Waals surface area contributed by atoms with Crippen LogP contribution < -0.4 is 5.32 Å². The second-order valence-corrected chi connectivity index (χ2v) is 9.68. The molecule has 36 heavy (non-hydrogen) atoms. The first-order valence-corrected chi connectivity index (χ1v) is 12.7. The van der Waals surface area contributed by atoms with Gasteiger partial charge in [-0.25, -0.2) is 9.97 Å². The molecule has 3 aromatic carbocycles. The Labute approximate surface area is 212 Å². The van der Waals surface area contributed by atoms with E-state index in [4.69, 9.17) is 9.97 Å². The van der Waals surface area contributed by atoms with E-state index < -0.39 is 0 Å². The maximum atomic E-state index is 13.3. The van der Waals surface area contributed by atoms with E-state index in [2.05, 4.69) is 47.4 Å². The summed E-state index contributed by atoms with van der Waals surface area (Å²) in [6.07, 6.45) is 1.05. The number of hydrogen-bond donors (Lipinski definition) is 1. The molecular formula is C29H34N6O. The van der Waals surface area contributed by atoms with Gasteiger partial charge in [0.05, 0.1) is 12.1 Å². The van der Waals surface area contributed by atoms with Crippen LogP contribution in [0.5, 0.6) is 0 Å². The molecule has 0 saturated carbocycles. The Hall–Kier alpha value is -3.55. The molecule has 5 rings (SSSR count). The molecule has 1 fully saturated rings. The van der Waals surface area contributed by atoms with Crippen molar-refractivity contribution in [3.8, 4) is 0 Å². The predicted octanol–water partition coefficient (Wildman–Crippen LogP) is 4.10. The summed E-state index contributed by atoms with van der Waals surface area (Å²) < 4.78 is 0. The molecule has 7 nitrogen and oxygen atoms in total. The van der Waals surface area contributed by atoms with Crippen LogP contribution in [0.25, 0.3) is 21.7 Å². The zero-order valence-electron chi connectivity index (χ0n) is 21.2. The first kappa shape index (κ1) is 24.2. The van der Waals surface area contributed by atoms with Crippen LogP contribution in [-0.2, 0) is 6.54 Å². The highest BCUT2D eigenvalue weighted by Gasteiger charge is 2.24. The highest BCUT2D eigenvalue weighted by Crippen LogP contribution is 2.23. The summed E-state index contributed by atoms with van der Waals surface area (Å²) >= 11 is 0. The van der Waals surface area contributed by atoms with Gasteiger partial charge in [0.15, 0.2) is 0 Å². The number of rotatable bonds is 8. The quantitative estimate of drug-likeness (QED) is 0.382. The lowest BCUT2D eigenvalue weighted by molar-refractivity contribution is 0.0627. The number of anilines is 1. The van der Waals surface area contributed by atoms with Gasteiger partial charge in [-0.3, -0.25) is 9.69 Å². The number of carbonyl (C=O) groups excluding carboxylic acids is 1. The van der Waals surface area contributed by atoms with Crippen LogP contribution in [0.15, 0.2) is 66.7 Å². The van der Waals surface area contributed by atoms with Crippen molar-refractivity contribution in [3.63, 3.8) is 0 Å². The van der Waals surface area contributed by atoms with Crippen LogP contribution in [0.1, 0.15) is 22.6 Å². The molecule has 0 bridgehead atoms. The summed E-state index contributed by atoms with van der Waals surface area (Å²) in [6.45, 7) is 5.58. The predicted molar refractivity (Wildman–Crippen MR) is 146 cm³/mol. The van der Waals surface area contributed by atoms with E-state index in [-0.39, 0.29) is 5.91 Å². The summed E-state index contributed by atoms with van der Waals surface area (Å²) in [5.41, 5.74) is 1.74. The lowest BCUT2D eigenvalue weighted by Gasteiger charge is -2.34. The molecule has 0 spiro atoms. The Bertz CT molecular complexity index is 1340. The summed E-state index contributed by atoms with van der Waals surface area (Å²) in [5, 5.41) is 6.69. The number of benzene rings is 3. The third-order valence-corrected chi connectivity index (χ3v) is 6.77. The van der Waals surface area contributed by atoms with E-state index in [0.29, 0.717) is 19.6 Å². The average molecular weight is 483 g/mol. The van der Waals surface area contributed by atoms with Crippen molar-refractivity contribution in [1.29, 1.82) is 0 Å². The van der Waals surface area contributed by atoms with E-state index in [1.165, 1.54) is 0 Å². The van der Waals surface area contributed by atoms with E-state index in [9.17, 15) is 4.79 Å². The van der Waals surface area contributed by atoms with Crippen molar-refractivity contribution in [1.82, 2.24) is 24.7 Å². The smallest absolute Gasteiger partial charge is 0.254 e. The number of nitrogens with zero attached hydrogens (tertiary/aromatic N) is 5. The van der Waals surface area contributed by atoms with Crippen LogP contribution in [0.3, 0.4) is 0 Å². The standard InChI is InChI=1S/C29H34N6O/c1-33(2)16-8-15-30-28-25-12-5-6-14-26(25)31-27(32-28)21-34-17-19-35(20-18-34)29(36)24-13-7-10-22-9-3-4-11-23(22)24/h3-7,9-14H,8,15-21H2,1-2H3,(H,30,31,32). The monoisotopic (exact) mass is 482 g/mol. The number of carbonyl (C=O) groups is 1. The Morgan fingerprint density at radius 1 is 0.889 bits per heavy atom. The first-order chi connectivity index (χ1) is 17.6. The Kier molecular flexibility index (Phi) is 7.39. The fourth-order valence-corrected chi connectivity index (χ4v) is 4.82. The Morgan fingerprint density at radius 2 is 1.61 bits per heavy atom. The van der Waals surface area contributed by atoms with Crippen molar-refractivity contribution >= 4 is 33.4 Å². The molecule has 1 aliphatic heterocycles. The van der Waals surface area contributed by atoms with E-state index >= 15 is 0 Å². The molecular weight excluding hydrogens is 448 g/mol. The summed E-state index contributed by atoms with van der Waals surface area (Å²) in [7, 11) is 4.18. The van der Waals surface area contributed by atoms with Crippen molar-refractivity contribution in [2.45, 2.75) is 13.0 Å². The molecule has 0 radical (unpaired) electrons. The van der Waals surface area contributed by atoms with Crippen molar-refractivity contribution in [2.75, 3.05) is 58.7 Å². The zero-order chi connectivity index (χ0) is 24.9. The molecule has 4 aromatic rings. The highest BCUT2D eigenvalue weighted by atomic mass is 16.2. The largest absolute Gasteiger partial charge is 0.369 e. The SMILES string of the molecule is CN(C)CCCNc1nc(CN2CCN(C(=O)c3cccc4ccccc34)CC2)nc2ccccc12. The average Bonchev–Trinajstić information content (AvgIpc) is 2.90. The Morgan fingerprint density at radius 3 is 2.42 bits per heavy atom. The number of hydrogen-bond acceptors (Lipinski definition) is 6. The number of para-hydroxylation sites is 1. The molecule has 0 unspecified atom stereocenters. The molecule has 1 amide bonds. The van der Waals surface area contributed by atoms with Crippen molar-refractivity contribution in [3.05, 3.63) is 78.1 Å². The maximum Gasteiger partial charge on any atom is 0.254 e. The van der Waals surface area contributed by atoms with Crippen LogP contribution >= 0.6 is 0 Å². The minimum atomic E-state index is 0.109. The van der Waals surface area contributed by atoms with Gasteiger partial charge in [-0.15, -0.1) is 0 Å². The summed E-state index contributed by atoms with van der Waals surface area (Å²) in [5.74, 6) is 1.83. The molecule has 1 N–H and O–H groups in total. The van der Waals surface area contributed by atoms with Gasteiger partial charge in [-0.2, -0.15) is 0 Å². The van der Waals surface area contributed by atoms with Gasteiger partial charge >= 0.3 is 0 Å². The normalized spacial score (nSPS) is 14.6. The van der Waals surface area contributed by atoms with E-state index in [1.54, 1.807) is 0 Å². The zero-order valence-corrected chi connectivity index (χ0v) is 21.2. The van der Waals surface area contributed by atoms with Crippen LogP contribution in [0, 0.1) is 0 Å². The van der Waals surface area contributed by atoms with Gasteiger partial charge in [0, 0.05) is 43.7 Å². The molecule has 1 saturated heterocycles. The number of piperazine rings is 1. The van der Waals surface area contributed by atoms with Crippen LogP contribution in [0.2, 0.25) is 0 Å². The number of fused-ring (bicyclic) bond motifs is 2. The topological polar surface area (TPSA) is 64.6 Å². The van der Waals surface area contributed by atoms with Gasteiger partial charge in [0.2, 0.25) is 0 Å². The van der Waals surface area contributed by atoms with Gasteiger partial charge in [-0.1, -0.05) is 48.5 Å². The van der Waals surface area contributed by atoms with E-state index in [1.807, 2.05) is 53.4 Å². The molecule has 7 heteroatoms. The van der Waals surface area contributed by atoms with Crippen LogP contribution in [0.4, 0.5) is 5.82 Å². The van der Waals surface area contributed by atoms with Gasteiger partial charge in [-0.05, 0) is 56.0 Å². The second-order valence-electron chi connectivity index (χ2n) is 9.68. The van der Waals surface area contributed by atoms with Gasteiger partial charge in [0.25, 0.3) is 5.91 Å². The highest BCUT2D eigenvalue weighted by molar-refractivity contribution is 6.07. The number of nitrogens with one attached hydrogen (secondary N) is 1. The maximum absolute atomic E-state index is 13.3. The first-order valence-electron chi connectivity index (χ1n) is 12.7. The van der Waals surface area contributed by atoms with Crippen molar-refractivity contribution in [2.24, 2.45) is 0 Å². The number of amides is 1. The molecule has 1 aromatic heterocycles. The fraction of sp³-hybridized carbons (Fsp3) is 0.345. The van der Waals surface area contributed by atoms with Crippen LogP contribution in [-0.4, -0.2) is 83.9 Å². The molecule has 2 heterocycles. The molecule has 1 aliphatic rings. The minimum Gasteiger partial charge on any atom is -0.369 e. The van der Waals surface area contributed by atoms with E-state index in [0.717, 1.165) is 71.5 Å². The molecule has 0 atom stereocenters. The lowest BCUT2D eigenvalue weighted by Crippen LogP contribution is -2.48. The third kappa shape index (κ3) is 5.48. The summed E-state index contributed by atoms with van der Waals surface area (Å²) in [6, 6.07) is 22.2. The van der Waals surface area contributed by atoms with Crippen molar-refractivity contribution < 1.29 is 4.79 Å². The minimum absolute atomic E-state index is 0.109. The van der Waals surface area contributed by atoms with Gasteiger partial charge in [0.1, 0.15) is 11.6 Å². The second kappa shape index (κ2) is 11.0. The molecule has 186 valence electrons.